The second-order valence-electron chi connectivity index (χ2n) is 7.28. The normalized spacial score (nSPS) is 17.1. The Morgan fingerprint density at radius 1 is 0.759 bits per heavy atom. The predicted molar refractivity (Wildman–Crippen MR) is 102 cm³/mol. The van der Waals surface area contributed by atoms with E-state index in [1.54, 1.807) is 12.1 Å². The topological polar surface area (TPSA) is 36.9 Å². The van der Waals surface area contributed by atoms with Crippen LogP contribution in [0.15, 0.2) is 48.5 Å². The van der Waals surface area contributed by atoms with Crippen molar-refractivity contribution in [1.82, 2.24) is 0 Å². The van der Waals surface area contributed by atoms with Crippen LogP contribution in [0.25, 0.3) is 0 Å². The fraction of sp³-hybridized carbons (Fsp3) is 0.350. The van der Waals surface area contributed by atoms with Gasteiger partial charge in [-0.05, 0) is 69.6 Å². The van der Waals surface area contributed by atoms with E-state index in [1.807, 2.05) is 39.8 Å². The van der Waals surface area contributed by atoms with Crippen LogP contribution in [0.3, 0.4) is 0 Å². The number of alkyl halides is 3. The molecule has 0 aromatic heterocycles. The van der Waals surface area contributed by atoms with Crippen molar-refractivity contribution in [3.8, 4) is 17.2 Å². The number of hydrogen-bond donors (Lipinski definition) is 0. The van der Waals surface area contributed by atoms with Crippen LogP contribution in [0.5, 0.6) is 17.2 Å². The average molecular weight is 662 g/mol. The Morgan fingerprint density at radius 2 is 1.14 bits per heavy atom. The molecule has 1 aliphatic rings. The van der Waals surface area contributed by atoms with Crippen molar-refractivity contribution < 1.29 is 32.0 Å². The first-order chi connectivity index (χ1) is 12.5. The zero-order chi connectivity index (χ0) is 19.9. The van der Waals surface area contributed by atoms with Gasteiger partial charge < -0.3 is 26.2 Å². The van der Waals surface area contributed by atoms with Crippen molar-refractivity contribution >= 4 is 12.6 Å². The third-order valence-corrected chi connectivity index (χ3v) is 4.70. The molecule has 0 aliphatic carbocycles. The first-order valence-electron chi connectivity index (χ1n) is 8.44. The predicted octanol–water partition coefficient (Wildman–Crippen LogP) is 5.13. The molecule has 9 heteroatoms. The molecule has 0 spiro atoms. The van der Waals surface area contributed by atoms with E-state index in [4.69, 9.17) is 14.0 Å². The molecular weight excluding hydrogens is 639 g/mol. The molecule has 0 amide bonds. The fourth-order valence-electron chi connectivity index (χ4n) is 2.52. The molecule has 2 aromatic carbocycles. The maximum Gasteiger partial charge on any atom is 0.573 e. The summed E-state index contributed by atoms with van der Waals surface area (Å²) in [5.74, 6) is 0.638. The first-order valence-corrected chi connectivity index (χ1v) is 8.44. The van der Waals surface area contributed by atoms with Gasteiger partial charge in [0.1, 0.15) is 17.2 Å². The Kier molecular flexibility index (Phi) is 6.62. The van der Waals surface area contributed by atoms with Gasteiger partial charge in [-0.25, -0.2) is 0 Å². The molecule has 1 aliphatic heterocycles. The number of benzene rings is 2. The largest absolute Gasteiger partial charge is 0.573 e. The first kappa shape index (κ1) is 23.9. The summed E-state index contributed by atoms with van der Waals surface area (Å²) in [6, 6.07) is 12.4. The molecule has 3 rings (SSSR count). The number of hydrogen-bond acceptors (Lipinski definition) is 4. The van der Waals surface area contributed by atoms with Crippen LogP contribution in [0.1, 0.15) is 27.7 Å². The molecule has 0 saturated carbocycles. The summed E-state index contributed by atoms with van der Waals surface area (Å²) >= 11 is 0. The van der Waals surface area contributed by atoms with Crippen molar-refractivity contribution in [3.63, 3.8) is 0 Å². The molecule has 1 heterocycles. The Balaban J connectivity index is 0.00000210. The van der Waals surface area contributed by atoms with Gasteiger partial charge >= 0.3 is 13.5 Å². The molecule has 0 N–H and O–H groups in total. The molecule has 2 aromatic rings. The van der Waals surface area contributed by atoms with E-state index in [1.165, 1.54) is 24.3 Å². The molecule has 0 unspecified atom stereocenters. The van der Waals surface area contributed by atoms with E-state index >= 15 is 0 Å². The van der Waals surface area contributed by atoms with Crippen LogP contribution < -0.4 is 14.9 Å². The van der Waals surface area contributed by atoms with Gasteiger partial charge in [0.25, 0.3) is 0 Å². The van der Waals surface area contributed by atoms with E-state index in [2.05, 4.69) is 4.74 Å². The number of halogens is 3. The van der Waals surface area contributed by atoms with Crippen molar-refractivity contribution in [2.24, 2.45) is 0 Å². The van der Waals surface area contributed by atoms with Crippen LogP contribution in [-0.2, 0) is 9.31 Å². The Bertz CT molecular complexity index is 777. The van der Waals surface area contributed by atoms with Crippen molar-refractivity contribution in [1.29, 1.82) is 0 Å². The van der Waals surface area contributed by atoms with Gasteiger partial charge in [-0.3, -0.25) is 0 Å². The SMILES string of the molecule is CC1(C)OB(c2ccc(Oc3ccc(OC(F)(F)F)cc3)cc2)OC1(C)C.[CH3-].[Rf]. The summed E-state index contributed by atoms with van der Waals surface area (Å²) < 4.78 is 58.0. The van der Waals surface area contributed by atoms with Crippen LogP contribution in [0.2, 0.25) is 0 Å². The minimum absolute atomic E-state index is 0. The Hall–Kier alpha value is -3.19. The summed E-state index contributed by atoms with van der Waals surface area (Å²) in [5.41, 5.74) is 0.00933. The minimum atomic E-state index is -4.72. The molecular formula is C20H23BF3O4Rf-. The standard InChI is InChI=1S/C19H20BF3O4.CH3.Rf/c1-17(2)18(3,4)27-20(26-17)13-5-7-14(8-6-13)24-15-9-11-16(12-10-15)25-19(21,22)23;;/h5-12H,1-4H3;1H3;/q;-1;. The van der Waals surface area contributed by atoms with Crippen LogP contribution in [-0.4, -0.2) is 24.7 Å². The third-order valence-electron chi connectivity index (χ3n) is 4.70. The van der Waals surface area contributed by atoms with Gasteiger partial charge in [0.15, 0.2) is 0 Å². The van der Waals surface area contributed by atoms with Gasteiger partial charge in [0.2, 0.25) is 0 Å². The molecule has 0 radical (unpaired) electrons. The minimum Gasteiger partial charge on any atom is -0.457 e. The summed E-state index contributed by atoms with van der Waals surface area (Å²) in [4.78, 5) is 0. The molecule has 154 valence electrons. The van der Waals surface area contributed by atoms with Gasteiger partial charge in [-0.15, -0.1) is 13.2 Å². The van der Waals surface area contributed by atoms with E-state index in [9.17, 15) is 13.2 Å². The molecule has 1 fully saturated rings. The fourth-order valence-corrected chi connectivity index (χ4v) is 2.52. The van der Waals surface area contributed by atoms with E-state index in [0.717, 1.165) is 5.46 Å². The number of ether oxygens (including phenoxy) is 2. The Morgan fingerprint density at radius 3 is 1.55 bits per heavy atom. The summed E-state index contributed by atoms with van der Waals surface area (Å²) in [6.07, 6.45) is -4.72. The summed E-state index contributed by atoms with van der Waals surface area (Å²) in [5, 5.41) is 0. The third kappa shape index (κ3) is 5.42. The summed E-state index contributed by atoms with van der Waals surface area (Å²) in [7, 11) is -0.470. The van der Waals surface area contributed by atoms with E-state index in [-0.39, 0.29) is 13.2 Å². The zero-order valence-corrected chi connectivity index (χ0v) is 23.6. The van der Waals surface area contributed by atoms with Crippen molar-refractivity contribution in [3.05, 3.63) is 56.0 Å². The maximum atomic E-state index is 12.2. The van der Waals surface area contributed by atoms with Gasteiger partial charge in [-0.2, -0.15) is 0 Å². The van der Waals surface area contributed by atoms with Crippen LogP contribution in [0.4, 0.5) is 13.2 Å². The molecule has 0 atom stereocenters. The zero-order valence-electron chi connectivity index (χ0n) is 17.2. The molecule has 4 nitrogen and oxygen atoms in total. The second kappa shape index (κ2) is 8.05. The second-order valence-corrected chi connectivity index (χ2v) is 7.28. The quantitative estimate of drug-likeness (QED) is 0.337. The molecule has 29 heavy (non-hydrogen) atoms. The van der Waals surface area contributed by atoms with E-state index in [0.29, 0.717) is 11.5 Å². The maximum absolute atomic E-state index is 12.2. The van der Waals surface area contributed by atoms with Gasteiger partial charge in [-0.1, -0.05) is 12.1 Å². The van der Waals surface area contributed by atoms with Gasteiger partial charge in [0, 0.05) is 0 Å². The number of rotatable bonds is 4. The Labute approximate surface area is 163 Å². The smallest absolute Gasteiger partial charge is 0.457 e. The van der Waals surface area contributed by atoms with Crippen LogP contribution in [0, 0.1) is 7.43 Å². The monoisotopic (exact) mass is 662 g/mol. The van der Waals surface area contributed by atoms with Crippen molar-refractivity contribution in [2.75, 3.05) is 0 Å². The van der Waals surface area contributed by atoms with Crippen LogP contribution >= 0.6 is 0 Å². The average Bonchev–Trinajstić information content (AvgIpc) is 2.77. The van der Waals surface area contributed by atoms with Crippen molar-refractivity contribution in [2.45, 2.75) is 45.3 Å². The van der Waals surface area contributed by atoms with E-state index < -0.39 is 24.7 Å². The summed E-state index contributed by atoms with van der Waals surface area (Å²) in [6.45, 7) is 7.93. The molecule has 1 saturated heterocycles. The molecule has 0 bridgehead atoms. The van der Waals surface area contributed by atoms with Gasteiger partial charge in [0.05, 0.1) is 11.2 Å².